The number of allylic oxidation sites excluding steroid dienone is 1. The number of benzene rings is 1. The molecule has 2 rings (SSSR count). The quantitative estimate of drug-likeness (QED) is 0.895. The van der Waals surface area contributed by atoms with Crippen molar-refractivity contribution >= 4 is 23.5 Å². The minimum absolute atomic E-state index is 0.0973. The molecule has 0 unspecified atom stereocenters. The van der Waals surface area contributed by atoms with Crippen LogP contribution in [0.3, 0.4) is 0 Å². The molecule has 1 heterocycles. The number of hydrogen-bond donors (Lipinski definition) is 2. The van der Waals surface area contributed by atoms with Crippen LogP contribution in [0, 0.1) is 0 Å². The zero-order chi connectivity index (χ0) is 16.3. The Bertz CT molecular complexity index is 624. The van der Waals surface area contributed by atoms with Gasteiger partial charge in [-0.3, -0.25) is 4.79 Å². The molecule has 3 amide bonds. The van der Waals surface area contributed by atoms with Crippen LogP contribution in [-0.2, 0) is 4.79 Å². The van der Waals surface area contributed by atoms with Gasteiger partial charge < -0.3 is 15.5 Å². The fraction of sp³-hybridized carbons (Fsp3) is 0.375. The van der Waals surface area contributed by atoms with Crippen molar-refractivity contribution in [3.05, 3.63) is 46.1 Å². The largest absolute Gasteiger partial charge is 0.339 e. The normalized spacial score (nSPS) is 17.8. The fourth-order valence-corrected chi connectivity index (χ4v) is 2.85. The number of nitrogens with zero attached hydrogens (tertiary/aromatic N) is 1. The summed E-state index contributed by atoms with van der Waals surface area (Å²) in [7, 11) is 0. The molecule has 1 aliphatic rings. The number of likely N-dealkylation sites (N-methyl/N-ethyl adjacent to an activating group) is 1. The molecule has 1 aromatic carbocycles. The first-order chi connectivity index (χ1) is 10.5. The highest BCUT2D eigenvalue weighted by atomic mass is 35.5. The Morgan fingerprint density at radius 2 is 1.91 bits per heavy atom. The third-order valence-corrected chi connectivity index (χ3v) is 4.11. The molecule has 1 atom stereocenters. The fourth-order valence-electron chi connectivity index (χ4n) is 2.60. The molecule has 0 saturated carbocycles. The summed E-state index contributed by atoms with van der Waals surface area (Å²) >= 11 is 6.25. The third-order valence-electron chi connectivity index (χ3n) is 3.77. The summed E-state index contributed by atoms with van der Waals surface area (Å²) in [6, 6.07) is 6.34. The van der Waals surface area contributed by atoms with Crippen LogP contribution < -0.4 is 10.6 Å². The van der Waals surface area contributed by atoms with Gasteiger partial charge in [-0.2, -0.15) is 0 Å². The second-order valence-corrected chi connectivity index (χ2v) is 5.48. The van der Waals surface area contributed by atoms with Crippen LogP contribution in [0.15, 0.2) is 35.5 Å². The van der Waals surface area contributed by atoms with Crippen LogP contribution in [-0.4, -0.2) is 29.9 Å². The molecule has 2 N–H and O–H groups in total. The van der Waals surface area contributed by atoms with E-state index in [-0.39, 0.29) is 11.9 Å². The SMILES string of the molecule is CCN(CC)C(=O)C1=C(C)NC(=O)N[C@H]1c1ccccc1Cl. The van der Waals surface area contributed by atoms with Gasteiger partial charge in [0, 0.05) is 23.8 Å². The van der Waals surface area contributed by atoms with Gasteiger partial charge >= 0.3 is 6.03 Å². The lowest BCUT2D eigenvalue weighted by Crippen LogP contribution is -2.47. The van der Waals surface area contributed by atoms with Crippen LogP contribution in [0.25, 0.3) is 0 Å². The van der Waals surface area contributed by atoms with Crippen LogP contribution >= 0.6 is 11.6 Å². The Hall–Kier alpha value is -2.01. The standard InChI is InChI=1S/C16H20ClN3O2/c1-4-20(5-2)15(21)13-10(3)18-16(22)19-14(13)11-8-6-7-9-12(11)17/h6-9,14H,4-5H2,1-3H3,(H2,18,19,22)/t14-/m0/s1. The highest BCUT2D eigenvalue weighted by molar-refractivity contribution is 6.31. The second kappa shape index (κ2) is 6.83. The lowest BCUT2D eigenvalue weighted by molar-refractivity contribution is -0.127. The topological polar surface area (TPSA) is 61.4 Å². The van der Waals surface area contributed by atoms with Crippen molar-refractivity contribution in [3.8, 4) is 0 Å². The van der Waals surface area contributed by atoms with Crippen molar-refractivity contribution < 1.29 is 9.59 Å². The van der Waals surface area contributed by atoms with Crippen molar-refractivity contribution in [2.24, 2.45) is 0 Å². The Balaban J connectivity index is 2.50. The van der Waals surface area contributed by atoms with E-state index in [1.54, 1.807) is 17.9 Å². The van der Waals surface area contributed by atoms with Gasteiger partial charge in [0.2, 0.25) is 0 Å². The van der Waals surface area contributed by atoms with E-state index in [1.807, 2.05) is 32.0 Å². The van der Waals surface area contributed by atoms with Crippen molar-refractivity contribution in [2.75, 3.05) is 13.1 Å². The van der Waals surface area contributed by atoms with Crippen LogP contribution in [0.4, 0.5) is 4.79 Å². The first-order valence-electron chi connectivity index (χ1n) is 7.31. The predicted octanol–water partition coefficient (Wildman–Crippen LogP) is 2.84. The molecule has 118 valence electrons. The first kappa shape index (κ1) is 16.4. The molecule has 0 radical (unpaired) electrons. The molecule has 0 aliphatic carbocycles. The molecule has 0 spiro atoms. The molecule has 6 heteroatoms. The molecule has 0 bridgehead atoms. The van der Waals surface area contributed by atoms with Crippen molar-refractivity contribution in [1.29, 1.82) is 0 Å². The smallest absolute Gasteiger partial charge is 0.319 e. The number of rotatable bonds is 4. The average molecular weight is 322 g/mol. The average Bonchev–Trinajstić information content (AvgIpc) is 2.48. The van der Waals surface area contributed by atoms with E-state index in [2.05, 4.69) is 10.6 Å². The molecule has 0 aromatic heterocycles. The molecular formula is C16H20ClN3O2. The predicted molar refractivity (Wildman–Crippen MR) is 86.5 cm³/mol. The monoisotopic (exact) mass is 321 g/mol. The van der Waals surface area contributed by atoms with Gasteiger partial charge in [0.05, 0.1) is 11.6 Å². The minimum Gasteiger partial charge on any atom is -0.339 e. The molecule has 1 aromatic rings. The zero-order valence-corrected chi connectivity index (χ0v) is 13.7. The Kier molecular flexibility index (Phi) is 5.08. The van der Waals surface area contributed by atoms with E-state index in [4.69, 9.17) is 11.6 Å². The van der Waals surface area contributed by atoms with Crippen molar-refractivity contribution in [2.45, 2.75) is 26.8 Å². The number of amides is 3. The minimum atomic E-state index is -0.546. The summed E-state index contributed by atoms with van der Waals surface area (Å²) in [6.07, 6.45) is 0. The Morgan fingerprint density at radius 3 is 2.50 bits per heavy atom. The first-order valence-corrected chi connectivity index (χ1v) is 7.69. The van der Waals surface area contributed by atoms with Gasteiger partial charge in [0.1, 0.15) is 0 Å². The Morgan fingerprint density at radius 1 is 1.27 bits per heavy atom. The zero-order valence-electron chi connectivity index (χ0n) is 12.9. The molecule has 0 saturated heterocycles. The lowest BCUT2D eigenvalue weighted by atomic mass is 9.94. The Labute approximate surface area is 135 Å². The summed E-state index contributed by atoms with van der Waals surface area (Å²) < 4.78 is 0. The summed E-state index contributed by atoms with van der Waals surface area (Å²) in [6.45, 7) is 6.80. The molecule has 0 fully saturated rings. The number of hydrogen-bond acceptors (Lipinski definition) is 2. The summed E-state index contributed by atoms with van der Waals surface area (Å²) in [5.41, 5.74) is 1.80. The summed E-state index contributed by atoms with van der Waals surface area (Å²) in [5.74, 6) is -0.0973. The van der Waals surface area contributed by atoms with Gasteiger partial charge in [-0.15, -0.1) is 0 Å². The summed E-state index contributed by atoms with van der Waals surface area (Å²) in [4.78, 5) is 26.4. The van der Waals surface area contributed by atoms with E-state index in [9.17, 15) is 9.59 Å². The van der Waals surface area contributed by atoms with Gasteiger partial charge in [-0.05, 0) is 32.4 Å². The van der Waals surface area contributed by atoms with E-state index in [0.29, 0.717) is 34.9 Å². The van der Waals surface area contributed by atoms with Gasteiger partial charge in [0.15, 0.2) is 0 Å². The maximum absolute atomic E-state index is 12.8. The van der Waals surface area contributed by atoms with Crippen LogP contribution in [0.2, 0.25) is 5.02 Å². The molecule has 1 aliphatic heterocycles. The highest BCUT2D eigenvalue weighted by Gasteiger charge is 2.33. The van der Waals surface area contributed by atoms with E-state index >= 15 is 0 Å². The van der Waals surface area contributed by atoms with Gasteiger partial charge in [-0.1, -0.05) is 29.8 Å². The van der Waals surface area contributed by atoms with Crippen LogP contribution in [0.1, 0.15) is 32.4 Å². The number of carbonyl (C=O) groups excluding carboxylic acids is 2. The van der Waals surface area contributed by atoms with Crippen molar-refractivity contribution in [3.63, 3.8) is 0 Å². The number of urea groups is 1. The number of nitrogens with one attached hydrogen (secondary N) is 2. The number of carbonyl (C=O) groups is 2. The van der Waals surface area contributed by atoms with Crippen molar-refractivity contribution in [1.82, 2.24) is 15.5 Å². The lowest BCUT2D eigenvalue weighted by Gasteiger charge is -2.32. The second-order valence-electron chi connectivity index (χ2n) is 5.07. The maximum atomic E-state index is 12.8. The summed E-state index contributed by atoms with van der Waals surface area (Å²) in [5, 5.41) is 5.99. The van der Waals surface area contributed by atoms with Gasteiger partial charge in [-0.25, -0.2) is 4.79 Å². The van der Waals surface area contributed by atoms with Crippen LogP contribution in [0.5, 0.6) is 0 Å². The molecule has 22 heavy (non-hydrogen) atoms. The maximum Gasteiger partial charge on any atom is 0.319 e. The van der Waals surface area contributed by atoms with Gasteiger partial charge in [0.25, 0.3) is 5.91 Å². The molecular weight excluding hydrogens is 302 g/mol. The number of halogens is 1. The molecule has 5 nitrogen and oxygen atoms in total. The van der Waals surface area contributed by atoms with E-state index in [0.717, 1.165) is 0 Å². The van der Waals surface area contributed by atoms with E-state index in [1.165, 1.54) is 0 Å². The third kappa shape index (κ3) is 3.09. The highest BCUT2D eigenvalue weighted by Crippen LogP contribution is 2.32. The van der Waals surface area contributed by atoms with E-state index < -0.39 is 6.04 Å².